The minimum Gasteiger partial charge on any atom is -0.472 e. The summed E-state index contributed by atoms with van der Waals surface area (Å²) < 4.78 is 18.2. The van der Waals surface area contributed by atoms with Crippen LogP contribution in [0.3, 0.4) is 0 Å². The summed E-state index contributed by atoms with van der Waals surface area (Å²) >= 11 is 0. The molecule has 0 spiro atoms. The molecular weight excluding hydrogens is 221 g/mol. The number of nitrogens with zero attached hydrogens (tertiary/aromatic N) is 1. The number of hydrogen-bond acceptors (Lipinski definition) is 3. The quantitative estimate of drug-likeness (QED) is 0.761. The Labute approximate surface area is 98.5 Å². The van der Waals surface area contributed by atoms with E-state index in [0.717, 1.165) is 5.56 Å². The van der Waals surface area contributed by atoms with Gasteiger partial charge in [-0.1, -0.05) is 0 Å². The number of aldehydes is 1. The van der Waals surface area contributed by atoms with Crippen molar-refractivity contribution in [3.63, 3.8) is 0 Å². The molecule has 0 fully saturated rings. The third-order valence-corrected chi connectivity index (χ3v) is 2.48. The summed E-state index contributed by atoms with van der Waals surface area (Å²) in [5.74, 6) is -0.413. The maximum Gasteiger partial charge on any atom is 0.150 e. The van der Waals surface area contributed by atoms with E-state index < -0.39 is 5.82 Å². The molecule has 0 saturated heterocycles. The lowest BCUT2D eigenvalue weighted by Gasteiger charge is -2.18. The summed E-state index contributed by atoms with van der Waals surface area (Å²) in [6.07, 6.45) is 3.86. The zero-order chi connectivity index (χ0) is 12.3. The SMILES string of the molecule is CN(Cc1ccoc1)c1cc(F)cc(C=O)c1. The highest BCUT2D eigenvalue weighted by Crippen LogP contribution is 2.18. The molecule has 2 rings (SSSR count). The second-order valence-electron chi connectivity index (χ2n) is 3.85. The van der Waals surface area contributed by atoms with Crippen LogP contribution in [0.1, 0.15) is 15.9 Å². The molecule has 1 aromatic carbocycles. The average Bonchev–Trinajstić information content (AvgIpc) is 2.81. The van der Waals surface area contributed by atoms with E-state index >= 15 is 0 Å². The highest BCUT2D eigenvalue weighted by atomic mass is 19.1. The number of rotatable bonds is 4. The molecule has 2 aromatic rings. The number of hydrogen-bond donors (Lipinski definition) is 0. The molecule has 88 valence electrons. The van der Waals surface area contributed by atoms with Crippen molar-refractivity contribution in [1.29, 1.82) is 0 Å². The van der Waals surface area contributed by atoms with Gasteiger partial charge in [-0.3, -0.25) is 4.79 Å². The van der Waals surface area contributed by atoms with E-state index in [1.165, 1.54) is 12.1 Å². The molecule has 0 aliphatic heterocycles. The van der Waals surface area contributed by atoms with E-state index in [1.54, 1.807) is 18.6 Å². The smallest absolute Gasteiger partial charge is 0.150 e. The number of carbonyl (C=O) groups excluding carboxylic acids is 1. The Bertz CT molecular complexity index is 508. The minimum absolute atomic E-state index is 0.332. The van der Waals surface area contributed by atoms with E-state index in [4.69, 9.17) is 4.42 Å². The fourth-order valence-corrected chi connectivity index (χ4v) is 1.63. The molecule has 17 heavy (non-hydrogen) atoms. The molecule has 0 unspecified atom stereocenters. The van der Waals surface area contributed by atoms with Crippen molar-refractivity contribution in [2.75, 3.05) is 11.9 Å². The molecule has 1 heterocycles. The van der Waals surface area contributed by atoms with Crippen LogP contribution in [0.25, 0.3) is 0 Å². The van der Waals surface area contributed by atoms with E-state index in [9.17, 15) is 9.18 Å². The Hall–Kier alpha value is -2.10. The number of furan rings is 1. The van der Waals surface area contributed by atoms with Crippen LogP contribution in [0.2, 0.25) is 0 Å². The van der Waals surface area contributed by atoms with Crippen molar-refractivity contribution in [3.05, 3.63) is 53.7 Å². The molecule has 0 N–H and O–H groups in total. The number of benzene rings is 1. The fraction of sp³-hybridized carbons (Fsp3) is 0.154. The lowest BCUT2D eigenvalue weighted by atomic mass is 10.2. The van der Waals surface area contributed by atoms with Gasteiger partial charge >= 0.3 is 0 Å². The van der Waals surface area contributed by atoms with Crippen LogP contribution in [0.15, 0.2) is 41.2 Å². The van der Waals surface area contributed by atoms with Gasteiger partial charge < -0.3 is 9.32 Å². The molecule has 4 heteroatoms. The molecule has 0 atom stereocenters. The highest BCUT2D eigenvalue weighted by molar-refractivity contribution is 5.77. The number of anilines is 1. The summed E-state index contributed by atoms with van der Waals surface area (Å²) in [5.41, 5.74) is 1.98. The van der Waals surface area contributed by atoms with Gasteiger partial charge in [0.15, 0.2) is 0 Å². The van der Waals surface area contributed by atoms with Crippen LogP contribution in [0.5, 0.6) is 0 Å². The first-order valence-electron chi connectivity index (χ1n) is 5.17. The van der Waals surface area contributed by atoms with E-state index in [-0.39, 0.29) is 0 Å². The maximum atomic E-state index is 13.2. The zero-order valence-electron chi connectivity index (χ0n) is 9.39. The third kappa shape index (κ3) is 2.72. The molecule has 0 aliphatic rings. The summed E-state index contributed by atoms with van der Waals surface area (Å²) in [6, 6.07) is 6.10. The molecule has 0 saturated carbocycles. The van der Waals surface area contributed by atoms with Crippen molar-refractivity contribution in [1.82, 2.24) is 0 Å². The normalized spacial score (nSPS) is 10.2. The number of carbonyl (C=O) groups is 1. The summed E-state index contributed by atoms with van der Waals surface area (Å²) in [6.45, 7) is 0.595. The number of halogens is 1. The second-order valence-corrected chi connectivity index (χ2v) is 3.85. The van der Waals surface area contributed by atoms with Crippen molar-refractivity contribution in [3.8, 4) is 0 Å². The van der Waals surface area contributed by atoms with Gasteiger partial charge in [0, 0.05) is 30.4 Å². The Morgan fingerprint density at radius 2 is 2.24 bits per heavy atom. The van der Waals surface area contributed by atoms with Crippen molar-refractivity contribution < 1.29 is 13.6 Å². The largest absolute Gasteiger partial charge is 0.472 e. The van der Waals surface area contributed by atoms with Crippen LogP contribution < -0.4 is 4.90 Å². The van der Waals surface area contributed by atoms with Crippen LogP contribution in [-0.4, -0.2) is 13.3 Å². The van der Waals surface area contributed by atoms with Crippen molar-refractivity contribution in [2.24, 2.45) is 0 Å². The van der Waals surface area contributed by atoms with Gasteiger partial charge in [-0.15, -0.1) is 0 Å². The van der Waals surface area contributed by atoms with Gasteiger partial charge in [-0.25, -0.2) is 4.39 Å². The van der Waals surface area contributed by atoms with Gasteiger partial charge in [-0.05, 0) is 24.3 Å². The molecule has 0 radical (unpaired) electrons. The van der Waals surface area contributed by atoms with Gasteiger partial charge in [0.1, 0.15) is 12.1 Å². The topological polar surface area (TPSA) is 33.5 Å². The molecule has 3 nitrogen and oxygen atoms in total. The minimum atomic E-state index is -0.413. The van der Waals surface area contributed by atoms with E-state index in [0.29, 0.717) is 24.1 Å². The predicted octanol–water partition coefficient (Wildman–Crippen LogP) is 2.87. The van der Waals surface area contributed by atoms with Gasteiger partial charge in [0.25, 0.3) is 0 Å². The second kappa shape index (κ2) is 4.82. The lowest BCUT2D eigenvalue weighted by Crippen LogP contribution is -2.16. The lowest BCUT2D eigenvalue weighted by molar-refractivity contribution is 0.112. The monoisotopic (exact) mass is 233 g/mol. The molecule has 0 amide bonds. The average molecular weight is 233 g/mol. The van der Waals surface area contributed by atoms with Crippen molar-refractivity contribution in [2.45, 2.75) is 6.54 Å². The Kier molecular flexibility index (Phi) is 3.23. The summed E-state index contributed by atoms with van der Waals surface area (Å²) in [5, 5.41) is 0. The standard InChI is InChI=1S/C13H12FNO2/c1-15(7-10-2-3-17-9-10)13-5-11(8-16)4-12(14)6-13/h2-6,8-9H,7H2,1H3. The van der Waals surface area contributed by atoms with E-state index in [2.05, 4.69) is 0 Å². The van der Waals surface area contributed by atoms with E-state index in [1.807, 2.05) is 18.0 Å². The Balaban J connectivity index is 2.21. The van der Waals surface area contributed by atoms with Crippen molar-refractivity contribution >= 4 is 12.0 Å². The van der Waals surface area contributed by atoms with Crippen LogP contribution in [0, 0.1) is 5.82 Å². The first-order valence-corrected chi connectivity index (χ1v) is 5.17. The Morgan fingerprint density at radius 3 is 2.88 bits per heavy atom. The zero-order valence-corrected chi connectivity index (χ0v) is 9.39. The molecule has 0 aliphatic carbocycles. The van der Waals surface area contributed by atoms with Gasteiger partial charge in [0.2, 0.25) is 0 Å². The fourth-order valence-electron chi connectivity index (χ4n) is 1.63. The highest BCUT2D eigenvalue weighted by Gasteiger charge is 2.06. The van der Waals surface area contributed by atoms with Gasteiger partial charge in [-0.2, -0.15) is 0 Å². The molecule has 1 aromatic heterocycles. The molecular formula is C13H12FNO2. The van der Waals surface area contributed by atoms with Gasteiger partial charge in [0.05, 0.1) is 12.5 Å². The van der Waals surface area contributed by atoms with Crippen LogP contribution >= 0.6 is 0 Å². The summed E-state index contributed by atoms with van der Waals surface area (Å²) in [4.78, 5) is 12.5. The third-order valence-electron chi connectivity index (χ3n) is 2.48. The summed E-state index contributed by atoms with van der Waals surface area (Å²) in [7, 11) is 1.83. The first-order chi connectivity index (χ1) is 8.19. The Morgan fingerprint density at radius 1 is 1.41 bits per heavy atom. The maximum absolute atomic E-state index is 13.2. The van der Waals surface area contributed by atoms with Crippen LogP contribution in [0.4, 0.5) is 10.1 Å². The van der Waals surface area contributed by atoms with Crippen LogP contribution in [-0.2, 0) is 6.54 Å². The first kappa shape index (κ1) is 11.4. The predicted molar refractivity (Wildman–Crippen MR) is 62.6 cm³/mol. The molecule has 0 bridgehead atoms.